The highest BCUT2D eigenvalue weighted by Gasteiger charge is 2.18. The highest BCUT2D eigenvalue weighted by Crippen LogP contribution is 2.13. The molecular formula is C11H15NO5S. The summed E-state index contributed by atoms with van der Waals surface area (Å²) >= 11 is 0. The minimum absolute atomic E-state index is 0.135. The van der Waals surface area contributed by atoms with Crippen LogP contribution in [0, 0.1) is 6.92 Å². The van der Waals surface area contributed by atoms with Gasteiger partial charge >= 0.3 is 5.97 Å². The minimum Gasteiger partial charge on any atom is -0.479 e. The fraction of sp³-hybridized carbons (Fsp3) is 0.364. The van der Waals surface area contributed by atoms with E-state index >= 15 is 0 Å². The molecular weight excluding hydrogens is 258 g/mol. The number of aliphatic carboxylic acids is 1. The summed E-state index contributed by atoms with van der Waals surface area (Å²) in [5, 5.41) is 17.5. The van der Waals surface area contributed by atoms with Gasteiger partial charge < -0.3 is 10.2 Å². The van der Waals surface area contributed by atoms with Gasteiger partial charge in [-0.1, -0.05) is 18.2 Å². The maximum Gasteiger partial charge on any atom is 0.332 e. The molecule has 1 rings (SSSR count). The van der Waals surface area contributed by atoms with Crippen molar-refractivity contribution < 1.29 is 23.4 Å². The van der Waals surface area contributed by atoms with Gasteiger partial charge in [0, 0.05) is 6.54 Å². The van der Waals surface area contributed by atoms with Gasteiger partial charge in [0.2, 0.25) is 10.0 Å². The van der Waals surface area contributed by atoms with E-state index in [9.17, 15) is 13.2 Å². The topological polar surface area (TPSA) is 104 Å². The summed E-state index contributed by atoms with van der Waals surface area (Å²) in [5.74, 6) is -1.37. The van der Waals surface area contributed by atoms with Crippen molar-refractivity contribution in [3.63, 3.8) is 0 Å². The third-order valence-corrected chi connectivity index (χ3v) is 4.00. The molecule has 18 heavy (non-hydrogen) atoms. The standard InChI is InChI=1S/C11H15NO5S/c1-8-4-2-3-5-10(8)18(16,17)12-7-6-9(13)11(14)15/h2-5,9,12-13H,6-7H2,1H3,(H,14,15). The zero-order chi connectivity index (χ0) is 13.8. The van der Waals surface area contributed by atoms with Crippen molar-refractivity contribution in [1.29, 1.82) is 0 Å². The van der Waals surface area contributed by atoms with E-state index in [1.807, 2.05) is 0 Å². The van der Waals surface area contributed by atoms with E-state index in [4.69, 9.17) is 10.2 Å². The summed E-state index contributed by atoms with van der Waals surface area (Å²) in [4.78, 5) is 10.5. The van der Waals surface area contributed by atoms with Crippen LogP contribution in [0.3, 0.4) is 0 Å². The number of hydrogen-bond acceptors (Lipinski definition) is 4. The number of sulfonamides is 1. The average Bonchev–Trinajstić information content (AvgIpc) is 2.28. The molecule has 3 N–H and O–H groups in total. The van der Waals surface area contributed by atoms with Crippen molar-refractivity contribution in [3.8, 4) is 0 Å². The van der Waals surface area contributed by atoms with Gasteiger partial charge in [0.05, 0.1) is 4.90 Å². The number of carboxylic acid groups (broad SMARTS) is 1. The Morgan fingerprint density at radius 1 is 1.39 bits per heavy atom. The molecule has 0 heterocycles. The molecule has 0 aliphatic rings. The Balaban J connectivity index is 2.67. The van der Waals surface area contributed by atoms with Crippen LogP contribution in [-0.4, -0.2) is 37.2 Å². The van der Waals surface area contributed by atoms with E-state index in [2.05, 4.69) is 4.72 Å². The molecule has 0 aliphatic carbocycles. The largest absolute Gasteiger partial charge is 0.479 e. The second-order valence-electron chi connectivity index (χ2n) is 3.81. The van der Waals surface area contributed by atoms with Crippen molar-refractivity contribution in [3.05, 3.63) is 29.8 Å². The molecule has 1 unspecified atom stereocenters. The summed E-state index contributed by atoms with van der Waals surface area (Å²) in [6.45, 7) is 1.53. The van der Waals surface area contributed by atoms with E-state index in [1.54, 1.807) is 25.1 Å². The van der Waals surface area contributed by atoms with Crippen LogP contribution in [-0.2, 0) is 14.8 Å². The molecule has 1 aromatic carbocycles. The molecule has 0 aliphatic heterocycles. The van der Waals surface area contributed by atoms with Gasteiger partial charge in [-0.2, -0.15) is 0 Å². The Bertz CT molecular complexity index is 526. The number of benzene rings is 1. The quantitative estimate of drug-likeness (QED) is 0.682. The molecule has 0 amide bonds. The Morgan fingerprint density at radius 3 is 2.56 bits per heavy atom. The van der Waals surface area contributed by atoms with Crippen LogP contribution in [0.25, 0.3) is 0 Å². The molecule has 0 bridgehead atoms. The number of aliphatic hydroxyl groups is 1. The first-order valence-corrected chi connectivity index (χ1v) is 6.79. The SMILES string of the molecule is Cc1ccccc1S(=O)(=O)NCCC(O)C(=O)O. The smallest absolute Gasteiger partial charge is 0.332 e. The van der Waals surface area contributed by atoms with Crippen LogP contribution in [0.2, 0.25) is 0 Å². The number of rotatable bonds is 6. The molecule has 0 saturated carbocycles. The molecule has 0 radical (unpaired) electrons. The highest BCUT2D eigenvalue weighted by molar-refractivity contribution is 7.89. The van der Waals surface area contributed by atoms with Crippen molar-refractivity contribution >= 4 is 16.0 Å². The maximum atomic E-state index is 11.9. The fourth-order valence-corrected chi connectivity index (χ4v) is 2.68. The van der Waals surface area contributed by atoms with E-state index in [1.165, 1.54) is 6.07 Å². The molecule has 1 atom stereocenters. The van der Waals surface area contributed by atoms with E-state index in [-0.39, 0.29) is 17.9 Å². The van der Waals surface area contributed by atoms with E-state index in [0.29, 0.717) is 5.56 Å². The normalized spacial score (nSPS) is 13.2. The number of aliphatic hydroxyl groups excluding tert-OH is 1. The molecule has 100 valence electrons. The zero-order valence-electron chi connectivity index (χ0n) is 9.83. The van der Waals surface area contributed by atoms with Crippen LogP contribution < -0.4 is 4.72 Å². The number of carboxylic acids is 1. The summed E-state index contributed by atoms with van der Waals surface area (Å²) in [5.41, 5.74) is 0.601. The van der Waals surface area contributed by atoms with Crippen LogP contribution >= 0.6 is 0 Å². The third kappa shape index (κ3) is 3.80. The van der Waals surface area contributed by atoms with Crippen molar-refractivity contribution in [2.24, 2.45) is 0 Å². The van der Waals surface area contributed by atoms with Crippen molar-refractivity contribution in [2.45, 2.75) is 24.3 Å². The van der Waals surface area contributed by atoms with Crippen LogP contribution in [0.4, 0.5) is 0 Å². The summed E-state index contributed by atoms with van der Waals surface area (Å²) in [7, 11) is -3.67. The maximum absolute atomic E-state index is 11.9. The minimum atomic E-state index is -3.67. The molecule has 0 fully saturated rings. The molecule has 0 saturated heterocycles. The number of hydrogen-bond donors (Lipinski definition) is 3. The fourth-order valence-electron chi connectivity index (χ4n) is 1.39. The predicted octanol–water partition coefficient (Wildman–Crippen LogP) is 0.109. The van der Waals surface area contributed by atoms with Gasteiger partial charge in [-0.25, -0.2) is 17.9 Å². The molecule has 7 heteroatoms. The first-order chi connectivity index (χ1) is 8.34. The summed E-state index contributed by atoms with van der Waals surface area (Å²) < 4.78 is 26.0. The van der Waals surface area contributed by atoms with Crippen LogP contribution in [0.15, 0.2) is 29.2 Å². The second-order valence-corrected chi connectivity index (χ2v) is 5.54. The highest BCUT2D eigenvalue weighted by atomic mass is 32.2. The predicted molar refractivity (Wildman–Crippen MR) is 64.6 cm³/mol. The molecule has 0 aromatic heterocycles. The lowest BCUT2D eigenvalue weighted by atomic mass is 10.2. The van der Waals surface area contributed by atoms with Gasteiger partial charge in [0.25, 0.3) is 0 Å². The van der Waals surface area contributed by atoms with Crippen molar-refractivity contribution in [2.75, 3.05) is 6.54 Å². The number of carbonyl (C=O) groups is 1. The van der Waals surface area contributed by atoms with E-state index < -0.39 is 22.1 Å². The zero-order valence-corrected chi connectivity index (χ0v) is 10.6. The summed E-state index contributed by atoms with van der Waals surface area (Å²) in [6.07, 6.45) is -1.75. The van der Waals surface area contributed by atoms with Gasteiger partial charge in [-0.05, 0) is 25.0 Å². The Morgan fingerprint density at radius 2 is 2.00 bits per heavy atom. The third-order valence-electron chi connectivity index (χ3n) is 2.38. The van der Waals surface area contributed by atoms with Gasteiger partial charge in [0.1, 0.15) is 0 Å². The first-order valence-electron chi connectivity index (χ1n) is 5.31. The Kier molecular flexibility index (Phi) is 4.83. The van der Waals surface area contributed by atoms with Gasteiger partial charge in [-0.15, -0.1) is 0 Å². The monoisotopic (exact) mass is 273 g/mol. The first kappa shape index (κ1) is 14.6. The lowest BCUT2D eigenvalue weighted by Gasteiger charge is -2.10. The lowest BCUT2D eigenvalue weighted by molar-refractivity contribution is -0.146. The van der Waals surface area contributed by atoms with Crippen LogP contribution in [0.5, 0.6) is 0 Å². The summed E-state index contributed by atoms with van der Waals surface area (Å²) in [6, 6.07) is 6.46. The lowest BCUT2D eigenvalue weighted by Crippen LogP contribution is -2.30. The Hall–Kier alpha value is -1.44. The molecule has 0 spiro atoms. The number of nitrogens with one attached hydrogen (secondary N) is 1. The second kappa shape index (κ2) is 5.94. The van der Waals surface area contributed by atoms with Gasteiger partial charge in [-0.3, -0.25) is 0 Å². The Labute approximate surface area is 105 Å². The van der Waals surface area contributed by atoms with Gasteiger partial charge in [0.15, 0.2) is 6.10 Å². The molecule has 1 aromatic rings. The van der Waals surface area contributed by atoms with E-state index in [0.717, 1.165) is 0 Å². The molecule has 6 nitrogen and oxygen atoms in total. The van der Waals surface area contributed by atoms with Crippen molar-refractivity contribution in [1.82, 2.24) is 4.72 Å². The average molecular weight is 273 g/mol. The van der Waals surface area contributed by atoms with Crippen LogP contribution in [0.1, 0.15) is 12.0 Å². The number of aryl methyl sites for hydroxylation is 1.